The van der Waals surface area contributed by atoms with Crippen molar-refractivity contribution in [3.63, 3.8) is 0 Å². The number of aryl methyl sites for hydroxylation is 1. The van der Waals surface area contributed by atoms with E-state index in [1.165, 1.54) is 5.56 Å². The van der Waals surface area contributed by atoms with Crippen LogP contribution >= 0.6 is 0 Å². The average Bonchev–Trinajstić information content (AvgIpc) is 2.98. The second-order valence-electron chi connectivity index (χ2n) is 7.60. The van der Waals surface area contributed by atoms with Gasteiger partial charge in [0.2, 0.25) is 0 Å². The van der Waals surface area contributed by atoms with Crippen LogP contribution in [0.3, 0.4) is 0 Å². The lowest BCUT2D eigenvalue weighted by molar-refractivity contribution is 0.0761. The molecule has 1 aliphatic heterocycles. The van der Waals surface area contributed by atoms with Gasteiger partial charge in [0, 0.05) is 37.6 Å². The van der Waals surface area contributed by atoms with Crippen LogP contribution in [-0.4, -0.2) is 57.8 Å². The second kappa shape index (κ2) is 8.66. The highest BCUT2D eigenvalue weighted by atomic mass is 16.5. The summed E-state index contributed by atoms with van der Waals surface area (Å²) < 4.78 is 7.94. The zero-order valence-corrected chi connectivity index (χ0v) is 17.2. The molecule has 1 aliphatic rings. The third-order valence-electron chi connectivity index (χ3n) is 5.44. The van der Waals surface area contributed by atoms with E-state index >= 15 is 0 Å². The van der Waals surface area contributed by atoms with E-state index in [2.05, 4.69) is 23.7 Å². The molecule has 0 radical (unpaired) electrons. The molecule has 0 bridgehead atoms. The molecule has 0 spiro atoms. The highest BCUT2D eigenvalue weighted by Gasteiger charge is 2.20. The summed E-state index contributed by atoms with van der Waals surface area (Å²) >= 11 is 0. The van der Waals surface area contributed by atoms with Gasteiger partial charge in [0.25, 0.3) is 5.91 Å². The van der Waals surface area contributed by atoms with Crippen LogP contribution in [0.2, 0.25) is 0 Å². The molecule has 0 N–H and O–H groups in total. The van der Waals surface area contributed by atoms with Gasteiger partial charge in [-0.25, -0.2) is 4.98 Å². The summed E-state index contributed by atoms with van der Waals surface area (Å²) in [5.41, 5.74) is 3.63. The minimum absolute atomic E-state index is 0.0802. The van der Waals surface area contributed by atoms with Crippen LogP contribution in [0.4, 0.5) is 0 Å². The van der Waals surface area contributed by atoms with Gasteiger partial charge in [-0.3, -0.25) is 4.79 Å². The minimum Gasteiger partial charge on any atom is -0.487 e. The number of aromatic nitrogens is 2. The Hall–Kier alpha value is -2.86. The summed E-state index contributed by atoms with van der Waals surface area (Å²) in [4.78, 5) is 21.9. The van der Waals surface area contributed by atoms with Crippen LogP contribution in [0.1, 0.15) is 35.0 Å². The Morgan fingerprint density at radius 2 is 2.00 bits per heavy atom. The molecule has 29 heavy (non-hydrogen) atoms. The molecule has 3 heterocycles. The Kier molecular flexibility index (Phi) is 5.81. The van der Waals surface area contributed by atoms with Gasteiger partial charge in [-0.05, 0) is 56.3 Å². The van der Waals surface area contributed by atoms with Gasteiger partial charge in [-0.2, -0.15) is 0 Å². The predicted octanol–water partition coefficient (Wildman–Crippen LogP) is 3.39. The molecule has 0 aliphatic carbocycles. The lowest BCUT2D eigenvalue weighted by Crippen LogP contribution is -2.35. The summed E-state index contributed by atoms with van der Waals surface area (Å²) in [7, 11) is 0. The normalized spacial score (nSPS) is 15.4. The van der Waals surface area contributed by atoms with E-state index in [0.717, 1.165) is 50.5 Å². The van der Waals surface area contributed by atoms with E-state index in [0.29, 0.717) is 17.9 Å². The fraction of sp³-hybridized carbons (Fsp3) is 0.391. The van der Waals surface area contributed by atoms with Crippen LogP contribution in [-0.2, 0) is 6.61 Å². The Labute approximate surface area is 171 Å². The Morgan fingerprint density at radius 3 is 2.86 bits per heavy atom. The molecule has 1 amide bonds. The van der Waals surface area contributed by atoms with Crippen molar-refractivity contribution in [3.8, 4) is 5.75 Å². The molecule has 3 aromatic rings. The maximum atomic E-state index is 13.0. The molecule has 1 aromatic carbocycles. The van der Waals surface area contributed by atoms with Gasteiger partial charge >= 0.3 is 0 Å². The molecule has 0 unspecified atom stereocenters. The number of carbonyl (C=O) groups excluding carboxylic acids is 1. The summed E-state index contributed by atoms with van der Waals surface area (Å²) in [6.07, 6.45) is 5.04. The van der Waals surface area contributed by atoms with Crippen molar-refractivity contribution in [2.75, 3.05) is 32.7 Å². The fourth-order valence-electron chi connectivity index (χ4n) is 3.77. The van der Waals surface area contributed by atoms with E-state index in [1.807, 2.05) is 58.1 Å². The number of imidazole rings is 1. The summed E-state index contributed by atoms with van der Waals surface area (Å²) in [5.74, 6) is 0.769. The monoisotopic (exact) mass is 392 g/mol. The number of rotatable bonds is 5. The van der Waals surface area contributed by atoms with Crippen LogP contribution < -0.4 is 4.74 Å². The third kappa shape index (κ3) is 4.59. The van der Waals surface area contributed by atoms with Gasteiger partial charge < -0.3 is 18.9 Å². The second-order valence-corrected chi connectivity index (χ2v) is 7.60. The zero-order chi connectivity index (χ0) is 20.2. The fourth-order valence-corrected chi connectivity index (χ4v) is 3.77. The summed E-state index contributed by atoms with van der Waals surface area (Å²) in [5, 5.41) is 0. The van der Waals surface area contributed by atoms with Gasteiger partial charge in [0.05, 0.1) is 5.69 Å². The van der Waals surface area contributed by atoms with Crippen molar-refractivity contribution in [3.05, 3.63) is 65.6 Å². The average molecular weight is 393 g/mol. The molecule has 0 atom stereocenters. The van der Waals surface area contributed by atoms with E-state index in [1.54, 1.807) is 0 Å². The topological polar surface area (TPSA) is 50.1 Å². The minimum atomic E-state index is 0.0802. The van der Waals surface area contributed by atoms with Crippen molar-refractivity contribution in [1.29, 1.82) is 0 Å². The molecule has 1 fully saturated rings. The number of carbonyl (C=O) groups is 1. The molecule has 0 saturated carbocycles. The van der Waals surface area contributed by atoms with Crippen molar-refractivity contribution in [2.24, 2.45) is 0 Å². The number of nitrogens with zero attached hydrogens (tertiary/aromatic N) is 4. The molecule has 4 rings (SSSR count). The number of benzene rings is 1. The first-order valence-corrected chi connectivity index (χ1v) is 10.3. The van der Waals surface area contributed by atoms with E-state index in [9.17, 15) is 4.79 Å². The van der Waals surface area contributed by atoms with Gasteiger partial charge in [0.15, 0.2) is 0 Å². The summed E-state index contributed by atoms with van der Waals surface area (Å²) in [6.45, 7) is 9.21. The molecular weight excluding hydrogens is 364 g/mol. The van der Waals surface area contributed by atoms with Crippen molar-refractivity contribution >= 4 is 11.6 Å². The number of likely N-dealkylation sites (N-methyl/N-ethyl adjacent to an activating group) is 1. The van der Waals surface area contributed by atoms with E-state index in [4.69, 9.17) is 4.74 Å². The Morgan fingerprint density at radius 1 is 1.10 bits per heavy atom. The first kappa shape index (κ1) is 19.5. The lowest BCUT2D eigenvalue weighted by Gasteiger charge is -2.21. The van der Waals surface area contributed by atoms with Gasteiger partial charge in [0.1, 0.15) is 18.0 Å². The van der Waals surface area contributed by atoms with Crippen molar-refractivity contribution < 1.29 is 9.53 Å². The maximum absolute atomic E-state index is 13.0. The largest absolute Gasteiger partial charge is 0.487 e. The van der Waals surface area contributed by atoms with Crippen molar-refractivity contribution in [2.45, 2.75) is 26.9 Å². The zero-order valence-electron chi connectivity index (χ0n) is 17.2. The van der Waals surface area contributed by atoms with Crippen molar-refractivity contribution in [1.82, 2.24) is 19.2 Å². The predicted molar refractivity (Wildman–Crippen MR) is 113 cm³/mol. The lowest BCUT2D eigenvalue weighted by atomic mass is 10.2. The van der Waals surface area contributed by atoms with E-state index in [-0.39, 0.29) is 5.91 Å². The SMILES string of the molecule is CCN1CCCN(C(=O)c2cccc(OCc3cn4cc(C)ccc4n3)c2)CC1. The summed E-state index contributed by atoms with van der Waals surface area (Å²) in [6, 6.07) is 11.5. The first-order chi connectivity index (χ1) is 14.1. The number of pyridine rings is 1. The first-order valence-electron chi connectivity index (χ1n) is 10.3. The number of hydrogen-bond acceptors (Lipinski definition) is 4. The van der Waals surface area contributed by atoms with Gasteiger partial charge in [-0.1, -0.05) is 19.1 Å². The quantitative estimate of drug-likeness (QED) is 0.668. The highest BCUT2D eigenvalue weighted by molar-refractivity contribution is 5.94. The molecule has 2 aromatic heterocycles. The van der Waals surface area contributed by atoms with Crippen LogP contribution in [0.5, 0.6) is 5.75 Å². The number of fused-ring (bicyclic) bond motifs is 1. The Bertz CT molecular complexity index is 997. The molecule has 1 saturated heterocycles. The van der Waals surface area contributed by atoms with Gasteiger partial charge in [-0.15, -0.1) is 0 Å². The van der Waals surface area contributed by atoms with Crippen LogP contribution in [0.25, 0.3) is 5.65 Å². The molecule has 152 valence electrons. The Balaban J connectivity index is 1.41. The van der Waals surface area contributed by atoms with Crippen LogP contribution in [0.15, 0.2) is 48.8 Å². The number of amides is 1. The van der Waals surface area contributed by atoms with Crippen LogP contribution in [0, 0.1) is 6.92 Å². The molecule has 6 nitrogen and oxygen atoms in total. The van der Waals surface area contributed by atoms with E-state index < -0.39 is 0 Å². The smallest absolute Gasteiger partial charge is 0.254 e. The molecular formula is C23H28N4O2. The third-order valence-corrected chi connectivity index (χ3v) is 5.44. The standard InChI is InChI=1S/C23H28N4O2/c1-3-25-10-5-11-26(13-12-25)23(28)19-6-4-7-21(14-19)29-17-20-16-27-15-18(2)8-9-22(27)24-20/h4,6-9,14-16H,3,5,10-13,17H2,1-2H3. The number of ether oxygens (including phenoxy) is 1. The highest BCUT2D eigenvalue weighted by Crippen LogP contribution is 2.18. The molecule has 6 heteroatoms. The number of hydrogen-bond donors (Lipinski definition) is 0. The maximum Gasteiger partial charge on any atom is 0.254 e.